The minimum atomic E-state index is 0.571. The van der Waals surface area contributed by atoms with Gasteiger partial charge >= 0.3 is 0 Å². The van der Waals surface area contributed by atoms with Crippen molar-refractivity contribution in [3.63, 3.8) is 0 Å². The minimum Gasteiger partial charge on any atom is -0.326 e. The summed E-state index contributed by atoms with van der Waals surface area (Å²) in [5.74, 6) is 0. The topological polar surface area (TPSA) is 38.9 Å². The highest BCUT2D eigenvalue weighted by molar-refractivity contribution is 7.12. The van der Waals surface area contributed by atoms with Crippen LogP contribution in [0.15, 0.2) is 30.3 Å². The molecule has 0 aliphatic rings. The Morgan fingerprint density at radius 1 is 1.27 bits per heavy atom. The number of hydrogen-bond donors (Lipinski definition) is 1. The van der Waals surface area contributed by atoms with Crippen molar-refractivity contribution in [3.8, 4) is 11.3 Å². The van der Waals surface area contributed by atoms with E-state index in [1.54, 1.807) is 11.3 Å². The van der Waals surface area contributed by atoms with Crippen molar-refractivity contribution >= 4 is 11.3 Å². The van der Waals surface area contributed by atoms with Gasteiger partial charge in [-0.05, 0) is 6.42 Å². The molecular formula is C12H14N2S. The van der Waals surface area contributed by atoms with Crippen molar-refractivity contribution in [3.05, 3.63) is 40.2 Å². The summed E-state index contributed by atoms with van der Waals surface area (Å²) in [5.41, 5.74) is 7.94. The predicted molar refractivity (Wildman–Crippen MR) is 64.8 cm³/mol. The SMILES string of the molecule is CCc1nc(-c2ccccc2)c(CN)s1. The molecule has 1 heterocycles. The molecule has 15 heavy (non-hydrogen) atoms. The standard InChI is InChI=1S/C12H14N2S/c1-2-11-14-12(10(8-13)15-11)9-6-4-3-5-7-9/h3-7H,2,8,13H2,1H3. The Balaban J connectivity index is 2.47. The number of nitrogens with two attached hydrogens (primary N) is 1. The van der Waals surface area contributed by atoms with Crippen LogP contribution in [0.5, 0.6) is 0 Å². The van der Waals surface area contributed by atoms with E-state index in [1.807, 2.05) is 18.2 Å². The van der Waals surface area contributed by atoms with E-state index < -0.39 is 0 Å². The summed E-state index contributed by atoms with van der Waals surface area (Å²) < 4.78 is 0. The Morgan fingerprint density at radius 3 is 2.60 bits per heavy atom. The smallest absolute Gasteiger partial charge is 0.0933 e. The van der Waals surface area contributed by atoms with Gasteiger partial charge in [0.1, 0.15) is 0 Å². The number of nitrogens with zero attached hydrogens (tertiary/aromatic N) is 1. The third-order valence-corrected chi connectivity index (χ3v) is 3.50. The summed E-state index contributed by atoms with van der Waals surface area (Å²) in [6.45, 7) is 2.69. The van der Waals surface area contributed by atoms with Crippen molar-refractivity contribution in [2.24, 2.45) is 5.73 Å². The average molecular weight is 218 g/mol. The first-order valence-corrected chi connectivity index (χ1v) is 5.91. The summed E-state index contributed by atoms with van der Waals surface area (Å²) in [5, 5.41) is 1.16. The van der Waals surface area contributed by atoms with Crippen LogP contribution in [0.2, 0.25) is 0 Å². The highest BCUT2D eigenvalue weighted by Crippen LogP contribution is 2.27. The predicted octanol–water partition coefficient (Wildman–Crippen LogP) is 2.83. The molecule has 3 heteroatoms. The van der Waals surface area contributed by atoms with Crippen LogP contribution in [-0.2, 0) is 13.0 Å². The second kappa shape index (κ2) is 4.55. The number of hydrogen-bond acceptors (Lipinski definition) is 3. The van der Waals surface area contributed by atoms with Gasteiger partial charge in [0.2, 0.25) is 0 Å². The first-order chi connectivity index (χ1) is 7.35. The van der Waals surface area contributed by atoms with Crippen molar-refractivity contribution < 1.29 is 0 Å². The van der Waals surface area contributed by atoms with E-state index >= 15 is 0 Å². The molecule has 0 unspecified atom stereocenters. The second-order valence-corrected chi connectivity index (χ2v) is 4.47. The van der Waals surface area contributed by atoms with E-state index in [2.05, 4.69) is 24.0 Å². The van der Waals surface area contributed by atoms with Gasteiger partial charge in [-0.2, -0.15) is 0 Å². The van der Waals surface area contributed by atoms with Crippen molar-refractivity contribution in [2.75, 3.05) is 0 Å². The van der Waals surface area contributed by atoms with Crippen LogP contribution >= 0.6 is 11.3 Å². The molecule has 0 radical (unpaired) electrons. The molecule has 0 amide bonds. The molecule has 0 spiro atoms. The van der Waals surface area contributed by atoms with Crippen molar-refractivity contribution in [2.45, 2.75) is 19.9 Å². The first-order valence-electron chi connectivity index (χ1n) is 5.09. The van der Waals surface area contributed by atoms with Crippen LogP contribution in [0.3, 0.4) is 0 Å². The quantitative estimate of drug-likeness (QED) is 0.860. The fourth-order valence-electron chi connectivity index (χ4n) is 1.51. The molecule has 0 saturated carbocycles. The lowest BCUT2D eigenvalue weighted by Crippen LogP contribution is -1.95. The van der Waals surface area contributed by atoms with Crippen molar-refractivity contribution in [1.82, 2.24) is 4.98 Å². The molecule has 0 saturated heterocycles. The lowest BCUT2D eigenvalue weighted by molar-refractivity contribution is 1.08. The van der Waals surface area contributed by atoms with E-state index in [4.69, 9.17) is 5.73 Å². The third-order valence-electron chi connectivity index (χ3n) is 2.28. The van der Waals surface area contributed by atoms with Gasteiger partial charge in [-0.25, -0.2) is 4.98 Å². The fourth-order valence-corrected chi connectivity index (χ4v) is 2.42. The monoisotopic (exact) mass is 218 g/mol. The molecule has 2 N–H and O–H groups in total. The summed E-state index contributed by atoms with van der Waals surface area (Å²) in [6.07, 6.45) is 0.977. The minimum absolute atomic E-state index is 0.571. The Bertz CT molecular complexity index is 434. The first kappa shape index (κ1) is 10.3. The lowest BCUT2D eigenvalue weighted by Gasteiger charge is -1.98. The van der Waals surface area contributed by atoms with Crippen molar-refractivity contribution in [1.29, 1.82) is 0 Å². The number of rotatable bonds is 3. The van der Waals surface area contributed by atoms with Gasteiger partial charge in [0.25, 0.3) is 0 Å². The number of thiazole rings is 1. The van der Waals surface area contributed by atoms with Gasteiger partial charge in [-0.15, -0.1) is 11.3 Å². The van der Waals surface area contributed by atoms with Crippen LogP contribution in [0.1, 0.15) is 16.8 Å². The zero-order valence-electron chi connectivity index (χ0n) is 8.73. The Labute approximate surface area is 93.8 Å². The summed E-state index contributed by atoms with van der Waals surface area (Å²) in [4.78, 5) is 5.79. The zero-order valence-corrected chi connectivity index (χ0v) is 9.55. The van der Waals surface area contributed by atoms with Gasteiger partial charge < -0.3 is 5.73 Å². The summed E-state index contributed by atoms with van der Waals surface area (Å²) in [6, 6.07) is 10.2. The maximum Gasteiger partial charge on any atom is 0.0933 e. The lowest BCUT2D eigenvalue weighted by atomic mass is 10.1. The highest BCUT2D eigenvalue weighted by Gasteiger charge is 2.10. The van der Waals surface area contributed by atoms with Gasteiger partial charge in [-0.3, -0.25) is 0 Å². The Morgan fingerprint density at radius 2 is 2.00 bits per heavy atom. The van der Waals surface area contributed by atoms with Crippen LogP contribution in [-0.4, -0.2) is 4.98 Å². The number of benzene rings is 1. The van der Waals surface area contributed by atoms with E-state index in [-0.39, 0.29) is 0 Å². The largest absolute Gasteiger partial charge is 0.326 e. The number of aryl methyl sites for hydroxylation is 1. The molecule has 0 bridgehead atoms. The van der Waals surface area contributed by atoms with Gasteiger partial charge in [0.15, 0.2) is 0 Å². The average Bonchev–Trinajstić information content (AvgIpc) is 2.73. The molecule has 0 atom stereocenters. The van der Waals surface area contributed by atoms with Crippen LogP contribution in [0.25, 0.3) is 11.3 Å². The molecule has 0 fully saturated rings. The molecule has 2 aromatic rings. The zero-order chi connectivity index (χ0) is 10.7. The fraction of sp³-hybridized carbons (Fsp3) is 0.250. The maximum absolute atomic E-state index is 5.73. The van der Waals surface area contributed by atoms with E-state index in [9.17, 15) is 0 Å². The summed E-state index contributed by atoms with van der Waals surface area (Å²) in [7, 11) is 0. The van der Waals surface area contributed by atoms with E-state index in [1.165, 1.54) is 4.88 Å². The maximum atomic E-state index is 5.73. The van der Waals surface area contributed by atoms with Crippen LogP contribution < -0.4 is 5.73 Å². The Kier molecular flexibility index (Phi) is 3.14. The van der Waals surface area contributed by atoms with Gasteiger partial charge in [-0.1, -0.05) is 37.3 Å². The van der Waals surface area contributed by atoms with Crippen LogP contribution in [0, 0.1) is 0 Å². The molecule has 0 aliphatic carbocycles. The molecule has 1 aromatic heterocycles. The third kappa shape index (κ3) is 2.08. The van der Waals surface area contributed by atoms with Crippen LogP contribution in [0.4, 0.5) is 0 Å². The number of aromatic nitrogens is 1. The molecular weight excluding hydrogens is 204 g/mol. The molecule has 78 valence electrons. The van der Waals surface area contributed by atoms with E-state index in [0.29, 0.717) is 6.54 Å². The molecule has 0 aliphatic heterocycles. The van der Waals surface area contributed by atoms with Gasteiger partial charge in [0.05, 0.1) is 10.7 Å². The summed E-state index contributed by atoms with van der Waals surface area (Å²) >= 11 is 1.72. The molecule has 2 nitrogen and oxygen atoms in total. The normalized spacial score (nSPS) is 10.5. The molecule has 2 rings (SSSR count). The van der Waals surface area contributed by atoms with E-state index in [0.717, 1.165) is 22.7 Å². The molecule has 1 aromatic carbocycles. The van der Waals surface area contributed by atoms with Gasteiger partial charge in [0, 0.05) is 17.0 Å². The Hall–Kier alpha value is -1.19. The second-order valence-electron chi connectivity index (χ2n) is 3.30. The highest BCUT2D eigenvalue weighted by atomic mass is 32.1.